The van der Waals surface area contributed by atoms with Crippen LogP contribution in [0.3, 0.4) is 0 Å². The van der Waals surface area contributed by atoms with Crippen molar-refractivity contribution in [1.29, 1.82) is 0 Å². The third-order valence-electron chi connectivity index (χ3n) is 5.76. The summed E-state index contributed by atoms with van der Waals surface area (Å²) in [4.78, 5) is 29.1. The maximum absolute atomic E-state index is 13.2. The van der Waals surface area contributed by atoms with E-state index < -0.39 is 6.04 Å². The van der Waals surface area contributed by atoms with Crippen molar-refractivity contribution in [2.24, 2.45) is 0 Å². The predicted molar refractivity (Wildman–Crippen MR) is 120 cm³/mol. The van der Waals surface area contributed by atoms with Crippen molar-refractivity contribution in [1.82, 2.24) is 15.1 Å². The quantitative estimate of drug-likeness (QED) is 0.726. The van der Waals surface area contributed by atoms with Gasteiger partial charge in [-0.25, -0.2) is 4.39 Å². The molecule has 31 heavy (non-hydrogen) atoms. The molecule has 2 aromatic carbocycles. The Morgan fingerprint density at radius 3 is 2.32 bits per heavy atom. The molecule has 1 heterocycles. The highest BCUT2D eigenvalue weighted by molar-refractivity contribution is 6.30. The lowest BCUT2D eigenvalue weighted by atomic mass is 10.0. The van der Waals surface area contributed by atoms with Gasteiger partial charge in [-0.2, -0.15) is 0 Å². The van der Waals surface area contributed by atoms with E-state index in [1.165, 1.54) is 19.1 Å². The lowest BCUT2D eigenvalue weighted by Gasteiger charge is -2.44. The molecule has 2 aromatic rings. The molecule has 3 rings (SSSR count). The van der Waals surface area contributed by atoms with Crippen LogP contribution in [0.1, 0.15) is 44.4 Å². The second-order valence-corrected chi connectivity index (χ2v) is 8.75. The molecule has 2 amide bonds. The molecule has 166 valence electrons. The fraction of sp³-hybridized carbons (Fsp3) is 0.417. The number of rotatable bonds is 6. The van der Waals surface area contributed by atoms with Crippen LogP contribution in [-0.2, 0) is 16.1 Å². The highest BCUT2D eigenvalue weighted by atomic mass is 35.5. The average molecular weight is 446 g/mol. The first-order valence-corrected chi connectivity index (χ1v) is 10.9. The predicted octanol–water partition coefficient (Wildman–Crippen LogP) is 4.17. The molecule has 0 radical (unpaired) electrons. The maximum atomic E-state index is 13.2. The van der Waals surface area contributed by atoms with Crippen LogP contribution in [-0.4, -0.2) is 46.8 Å². The van der Waals surface area contributed by atoms with Gasteiger partial charge in [0.05, 0.1) is 12.5 Å². The molecule has 1 N–H and O–H groups in total. The Hall–Kier alpha value is -2.44. The largest absolute Gasteiger partial charge is 0.349 e. The van der Waals surface area contributed by atoms with Crippen LogP contribution >= 0.6 is 11.6 Å². The minimum atomic E-state index is -0.401. The normalized spacial score (nSPS) is 20.4. The van der Waals surface area contributed by atoms with Gasteiger partial charge in [-0.1, -0.05) is 35.9 Å². The molecule has 1 aliphatic heterocycles. The topological polar surface area (TPSA) is 52.7 Å². The number of benzene rings is 2. The smallest absolute Gasteiger partial charge is 0.225 e. The van der Waals surface area contributed by atoms with E-state index in [4.69, 9.17) is 11.6 Å². The van der Waals surface area contributed by atoms with Crippen LogP contribution in [0.2, 0.25) is 5.02 Å². The van der Waals surface area contributed by atoms with Crippen LogP contribution in [0.25, 0.3) is 0 Å². The highest BCUT2D eigenvalue weighted by Crippen LogP contribution is 2.24. The van der Waals surface area contributed by atoms with Gasteiger partial charge in [0, 0.05) is 43.7 Å². The van der Waals surface area contributed by atoms with Crippen molar-refractivity contribution in [3.8, 4) is 0 Å². The summed E-state index contributed by atoms with van der Waals surface area (Å²) in [6.45, 7) is 7.64. The van der Waals surface area contributed by atoms with E-state index in [2.05, 4.69) is 17.1 Å². The molecule has 3 atom stereocenters. The number of carbonyl (C=O) groups is 2. The molecule has 0 aromatic heterocycles. The monoisotopic (exact) mass is 445 g/mol. The van der Waals surface area contributed by atoms with Crippen molar-refractivity contribution in [2.45, 2.75) is 51.9 Å². The van der Waals surface area contributed by atoms with Gasteiger partial charge in [0.1, 0.15) is 5.82 Å². The van der Waals surface area contributed by atoms with Gasteiger partial charge in [0.15, 0.2) is 0 Å². The molecule has 5 nitrogen and oxygen atoms in total. The zero-order valence-electron chi connectivity index (χ0n) is 18.1. The summed E-state index contributed by atoms with van der Waals surface area (Å²) in [6, 6.07) is 13.5. The van der Waals surface area contributed by atoms with E-state index in [0.29, 0.717) is 18.1 Å². The van der Waals surface area contributed by atoms with Gasteiger partial charge in [0.25, 0.3) is 0 Å². The number of nitrogens with zero attached hydrogens (tertiary/aromatic N) is 2. The van der Waals surface area contributed by atoms with E-state index in [9.17, 15) is 14.0 Å². The Kier molecular flexibility index (Phi) is 7.68. The molecule has 0 saturated carbocycles. The Balaban J connectivity index is 1.66. The van der Waals surface area contributed by atoms with Gasteiger partial charge >= 0.3 is 0 Å². The van der Waals surface area contributed by atoms with Gasteiger partial charge in [-0.15, -0.1) is 0 Å². The minimum absolute atomic E-state index is 0.00878. The second kappa shape index (κ2) is 10.2. The summed E-state index contributed by atoms with van der Waals surface area (Å²) in [5, 5.41) is 3.49. The van der Waals surface area contributed by atoms with Crippen LogP contribution in [0.5, 0.6) is 0 Å². The zero-order chi connectivity index (χ0) is 22.5. The number of piperazine rings is 1. The Morgan fingerprint density at radius 2 is 1.71 bits per heavy atom. The van der Waals surface area contributed by atoms with E-state index in [1.807, 2.05) is 24.0 Å². The lowest BCUT2D eigenvalue weighted by molar-refractivity contribution is -0.138. The van der Waals surface area contributed by atoms with Crippen molar-refractivity contribution >= 4 is 23.4 Å². The van der Waals surface area contributed by atoms with Crippen LogP contribution in [0.15, 0.2) is 48.5 Å². The summed E-state index contributed by atoms with van der Waals surface area (Å²) >= 11 is 5.98. The molecule has 0 aliphatic carbocycles. The van der Waals surface area contributed by atoms with Crippen LogP contribution < -0.4 is 5.32 Å². The summed E-state index contributed by atoms with van der Waals surface area (Å²) < 4.78 is 13.2. The van der Waals surface area contributed by atoms with Crippen molar-refractivity contribution in [3.05, 3.63) is 70.5 Å². The van der Waals surface area contributed by atoms with Gasteiger partial charge in [0.2, 0.25) is 11.8 Å². The van der Waals surface area contributed by atoms with Crippen molar-refractivity contribution in [2.75, 3.05) is 13.1 Å². The Bertz CT molecular complexity index is 904. The fourth-order valence-corrected chi connectivity index (χ4v) is 4.20. The van der Waals surface area contributed by atoms with E-state index in [0.717, 1.165) is 17.7 Å². The molecule has 1 fully saturated rings. The van der Waals surface area contributed by atoms with Gasteiger partial charge in [-0.3, -0.25) is 14.5 Å². The maximum Gasteiger partial charge on any atom is 0.225 e. The Labute approximate surface area is 188 Å². The van der Waals surface area contributed by atoms with Crippen LogP contribution in [0.4, 0.5) is 4.39 Å². The molecule has 1 aliphatic rings. The standard InChI is InChI=1S/C24H29ClFN3O2/c1-16-14-29(17(2)13-28(16)15-19-4-10-22(26)11-5-19)24(31)12-23(27-18(3)30)20-6-8-21(25)9-7-20/h4-11,16-17,23H,12-15H2,1-3H3,(H,27,30)/t16-,17+,23?/m0/s1. The zero-order valence-corrected chi connectivity index (χ0v) is 18.9. The lowest BCUT2D eigenvalue weighted by Crippen LogP contribution is -2.58. The Morgan fingerprint density at radius 1 is 1.06 bits per heavy atom. The minimum Gasteiger partial charge on any atom is -0.349 e. The summed E-state index contributed by atoms with van der Waals surface area (Å²) in [6.07, 6.45) is 0.191. The number of halogens is 2. The van der Waals surface area contributed by atoms with Crippen LogP contribution in [0, 0.1) is 5.82 Å². The number of amides is 2. The first-order valence-electron chi connectivity index (χ1n) is 10.5. The number of carbonyl (C=O) groups excluding carboxylic acids is 2. The first-order chi connectivity index (χ1) is 14.7. The van der Waals surface area contributed by atoms with Gasteiger partial charge < -0.3 is 10.2 Å². The molecule has 7 heteroatoms. The number of hydrogen-bond donors (Lipinski definition) is 1. The average Bonchev–Trinajstić information content (AvgIpc) is 2.71. The van der Waals surface area contributed by atoms with E-state index in [-0.39, 0.29) is 36.1 Å². The summed E-state index contributed by atoms with van der Waals surface area (Å²) in [5.74, 6) is -0.414. The highest BCUT2D eigenvalue weighted by Gasteiger charge is 2.33. The van der Waals surface area contributed by atoms with Gasteiger partial charge in [-0.05, 0) is 49.2 Å². The number of nitrogens with one attached hydrogen (secondary N) is 1. The summed E-state index contributed by atoms with van der Waals surface area (Å²) in [5.41, 5.74) is 1.90. The fourth-order valence-electron chi connectivity index (χ4n) is 4.07. The van der Waals surface area contributed by atoms with Crippen molar-refractivity contribution < 1.29 is 14.0 Å². The molecule has 1 saturated heterocycles. The third kappa shape index (κ3) is 6.28. The number of hydrogen-bond acceptors (Lipinski definition) is 3. The third-order valence-corrected chi connectivity index (χ3v) is 6.01. The second-order valence-electron chi connectivity index (χ2n) is 8.31. The summed E-state index contributed by atoms with van der Waals surface area (Å²) in [7, 11) is 0. The molecular formula is C24H29ClFN3O2. The SMILES string of the molecule is CC(=O)NC(CC(=O)N1C[C@H](C)N(Cc2ccc(F)cc2)C[C@H]1C)c1ccc(Cl)cc1. The molecule has 0 spiro atoms. The van der Waals surface area contributed by atoms with E-state index >= 15 is 0 Å². The van der Waals surface area contributed by atoms with E-state index in [1.54, 1.807) is 24.3 Å². The molecule has 0 bridgehead atoms. The molecule has 1 unspecified atom stereocenters. The first kappa shape index (κ1) is 23.2. The van der Waals surface area contributed by atoms with Crippen molar-refractivity contribution in [3.63, 3.8) is 0 Å². The molecular weight excluding hydrogens is 417 g/mol.